The first kappa shape index (κ1) is 22.7. The van der Waals surface area contributed by atoms with Crippen LogP contribution in [0.2, 0.25) is 0 Å². The molecule has 29 heavy (non-hydrogen) atoms. The van der Waals surface area contributed by atoms with Crippen LogP contribution in [0.4, 0.5) is 0 Å². The molecular weight excluding hydrogens is 414 g/mol. The second-order valence-electron chi connectivity index (χ2n) is 6.17. The quantitative estimate of drug-likeness (QED) is 0.505. The maximum absolute atomic E-state index is 12.8. The number of methoxy groups -OCH3 is 2. The molecule has 0 saturated heterocycles. The van der Waals surface area contributed by atoms with Crippen molar-refractivity contribution in [3.05, 3.63) is 77.9 Å². The molecule has 0 saturated carbocycles. The Morgan fingerprint density at radius 1 is 1.10 bits per heavy atom. The van der Waals surface area contributed by atoms with E-state index in [0.717, 1.165) is 5.56 Å². The third kappa shape index (κ3) is 5.93. The largest absolute Gasteiger partial charge is 0.497 e. The van der Waals surface area contributed by atoms with E-state index in [1.165, 1.54) is 25.3 Å². The van der Waals surface area contributed by atoms with E-state index < -0.39 is 22.0 Å². The van der Waals surface area contributed by atoms with Crippen LogP contribution >= 0.6 is 11.6 Å². The summed E-state index contributed by atoms with van der Waals surface area (Å²) >= 11 is 6.38. The molecule has 0 aliphatic rings. The van der Waals surface area contributed by atoms with E-state index in [1.54, 1.807) is 43.5 Å². The molecular formula is C21H22ClNO5S. The smallest absolute Gasteiger partial charge is 0.335 e. The van der Waals surface area contributed by atoms with Crippen LogP contribution in [0.1, 0.15) is 11.1 Å². The maximum atomic E-state index is 12.8. The van der Waals surface area contributed by atoms with Crippen LogP contribution in [0.15, 0.2) is 71.7 Å². The zero-order chi connectivity index (χ0) is 21.6. The highest BCUT2D eigenvalue weighted by molar-refractivity contribution is 7.89. The van der Waals surface area contributed by atoms with Crippen molar-refractivity contribution in [3.8, 4) is 5.75 Å². The van der Waals surface area contributed by atoms with Crippen molar-refractivity contribution in [2.45, 2.75) is 17.9 Å². The number of carbonyl (C=O) groups is 1. The molecule has 0 aromatic heterocycles. The van der Waals surface area contributed by atoms with E-state index in [9.17, 15) is 13.2 Å². The van der Waals surface area contributed by atoms with Gasteiger partial charge in [-0.05, 0) is 55.0 Å². The predicted molar refractivity (Wildman–Crippen MR) is 113 cm³/mol. The van der Waals surface area contributed by atoms with Crippen LogP contribution in [0.5, 0.6) is 5.75 Å². The summed E-state index contributed by atoms with van der Waals surface area (Å²) in [4.78, 5) is 12.0. The normalized spacial score (nSPS) is 12.9. The van der Waals surface area contributed by atoms with Gasteiger partial charge in [0, 0.05) is 5.03 Å². The Hall–Kier alpha value is -2.61. The lowest BCUT2D eigenvalue weighted by molar-refractivity contribution is -0.136. The molecule has 1 atom stereocenters. The first-order valence-electron chi connectivity index (χ1n) is 8.56. The number of sulfonamides is 1. The second-order valence-corrected chi connectivity index (χ2v) is 8.29. The molecule has 0 heterocycles. The van der Waals surface area contributed by atoms with E-state index in [2.05, 4.69) is 16.0 Å². The lowest BCUT2D eigenvalue weighted by atomic mass is 10.1. The highest BCUT2D eigenvalue weighted by Crippen LogP contribution is 2.24. The van der Waals surface area contributed by atoms with E-state index in [4.69, 9.17) is 16.3 Å². The minimum Gasteiger partial charge on any atom is -0.497 e. The summed E-state index contributed by atoms with van der Waals surface area (Å²) in [5.74, 6) is -0.106. The zero-order valence-electron chi connectivity index (χ0n) is 16.3. The Morgan fingerprint density at radius 2 is 1.69 bits per heavy atom. The van der Waals surface area contributed by atoms with Crippen LogP contribution in [-0.2, 0) is 19.6 Å². The number of nitrogens with one attached hydrogen (secondary N) is 1. The van der Waals surface area contributed by atoms with Gasteiger partial charge in [0.1, 0.15) is 5.75 Å². The third-order valence-corrected chi connectivity index (χ3v) is 5.92. The molecule has 0 spiro atoms. The van der Waals surface area contributed by atoms with Gasteiger partial charge in [0.25, 0.3) is 0 Å². The topological polar surface area (TPSA) is 81.7 Å². The Morgan fingerprint density at radius 3 is 2.21 bits per heavy atom. The standard InChI is InChI=1S/C21H22ClNO5S/c1-14-5-11-18(12-6-14)29(25,26)23-20(15(2)21(24)28-4)13-19(22)16-7-9-17(27-3)10-8-16/h5-13,20,23H,2H2,1,3-4H3/b19-13-. The maximum Gasteiger partial charge on any atom is 0.335 e. The number of esters is 1. The SMILES string of the molecule is C=C(C(=O)OC)C(/C=C(\Cl)c1ccc(OC)cc1)NS(=O)(=O)c1ccc(C)cc1. The van der Waals surface area contributed by atoms with Gasteiger partial charge in [-0.2, -0.15) is 4.72 Å². The third-order valence-electron chi connectivity index (χ3n) is 4.12. The van der Waals surface area contributed by atoms with Crippen LogP contribution in [0.25, 0.3) is 5.03 Å². The minimum atomic E-state index is -3.94. The molecule has 154 valence electrons. The van der Waals surface area contributed by atoms with Crippen molar-refractivity contribution in [1.82, 2.24) is 4.72 Å². The molecule has 2 rings (SSSR count). The summed E-state index contributed by atoms with van der Waals surface area (Å²) in [5.41, 5.74) is 1.43. The number of benzene rings is 2. The van der Waals surface area contributed by atoms with Gasteiger partial charge in [-0.25, -0.2) is 13.2 Å². The number of hydrogen-bond donors (Lipinski definition) is 1. The molecule has 1 N–H and O–H groups in total. The number of aryl methyl sites for hydroxylation is 1. The van der Waals surface area contributed by atoms with Crippen molar-refractivity contribution >= 4 is 32.6 Å². The Balaban J connectivity index is 2.39. The average Bonchev–Trinajstić information content (AvgIpc) is 2.72. The summed E-state index contributed by atoms with van der Waals surface area (Å²) in [6, 6.07) is 12.1. The lowest BCUT2D eigenvalue weighted by Crippen LogP contribution is -2.37. The zero-order valence-corrected chi connectivity index (χ0v) is 17.9. The van der Waals surface area contributed by atoms with Crippen molar-refractivity contribution in [3.63, 3.8) is 0 Å². The van der Waals surface area contributed by atoms with E-state index in [0.29, 0.717) is 11.3 Å². The van der Waals surface area contributed by atoms with Crippen LogP contribution in [-0.4, -0.2) is 34.6 Å². The summed E-state index contributed by atoms with van der Waals surface area (Å²) in [5, 5.41) is 0.231. The summed E-state index contributed by atoms with van der Waals surface area (Å²) in [6.07, 6.45) is 1.40. The van der Waals surface area contributed by atoms with Crippen molar-refractivity contribution < 1.29 is 22.7 Å². The van der Waals surface area contributed by atoms with Gasteiger partial charge < -0.3 is 9.47 Å². The second kappa shape index (κ2) is 9.73. The monoisotopic (exact) mass is 435 g/mol. The van der Waals surface area contributed by atoms with Gasteiger partial charge in [-0.15, -0.1) is 0 Å². The lowest BCUT2D eigenvalue weighted by Gasteiger charge is -2.17. The number of carbonyl (C=O) groups excluding carboxylic acids is 1. The van der Waals surface area contributed by atoms with Gasteiger partial charge in [0.2, 0.25) is 10.0 Å². The molecule has 2 aromatic carbocycles. The fourth-order valence-corrected chi connectivity index (χ4v) is 3.84. The van der Waals surface area contributed by atoms with Gasteiger partial charge in [0.15, 0.2) is 0 Å². The number of ether oxygens (including phenoxy) is 2. The molecule has 0 amide bonds. The first-order valence-corrected chi connectivity index (χ1v) is 10.4. The predicted octanol–water partition coefficient (Wildman–Crippen LogP) is 3.66. The number of halogens is 1. The Bertz CT molecular complexity index is 1010. The number of hydrogen-bond acceptors (Lipinski definition) is 5. The van der Waals surface area contributed by atoms with Crippen molar-refractivity contribution in [1.29, 1.82) is 0 Å². The average molecular weight is 436 g/mol. The molecule has 6 nitrogen and oxygen atoms in total. The van der Waals surface area contributed by atoms with E-state index in [-0.39, 0.29) is 15.5 Å². The molecule has 0 radical (unpaired) electrons. The Labute approximate surface area is 175 Å². The van der Waals surface area contributed by atoms with E-state index >= 15 is 0 Å². The molecule has 2 aromatic rings. The van der Waals surface area contributed by atoms with Gasteiger partial charge in [0.05, 0.1) is 30.7 Å². The highest BCUT2D eigenvalue weighted by atomic mass is 35.5. The summed E-state index contributed by atoms with van der Waals surface area (Å²) < 4.78 is 37.8. The fourth-order valence-electron chi connectivity index (χ4n) is 2.41. The molecule has 0 aliphatic carbocycles. The molecule has 0 aliphatic heterocycles. The fraction of sp³-hybridized carbons (Fsp3) is 0.190. The summed E-state index contributed by atoms with van der Waals surface area (Å²) in [7, 11) is -1.21. The Kier molecular flexibility index (Phi) is 7.61. The summed E-state index contributed by atoms with van der Waals surface area (Å²) in [6.45, 7) is 5.52. The van der Waals surface area contributed by atoms with Gasteiger partial charge in [-0.1, -0.05) is 35.9 Å². The van der Waals surface area contributed by atoms with Gasteiger partial charge >= 0.3 is 5.97 Å². The molecule has 8 heteroatoms. The number of rotatable bonds is 8. The van der Waals surface area contributed by atoms with E-state index in [1.807, 2.05) is 6.92 Å². The van der Waals surface area contributed by atoms with Crippen molar-refractivity contribution in [2.75, 3.05) is 14.2 Å². The molecule has 0 fully saturated rings. The van der Waals surface area contributed by atoms with Gasteiger partial charge in [-0.3, -0.25) is 0 Å². The van der Waals surface area contributed by atoms with Crippen LogP contribution in [0.3, 0.4) is 0 Å². The minimum absolute atomic E-state index is 0.0553. The molecule has 0 bridgehead atoms. The highest BCUT2D eigenvalue weighted by Gasteiger charge is 2.25. The molecule has 1 unspecified atom stereocenters. The van der Waals surface area contributed by atoms with Crippen molar-refractivity contribution in [2.24, 2.45) is 0 Å². The van der Waals surface area contributed by atoms with Crippen LogP contribution < -0.4 is 9.46 Å². The van der Waals surface area contributed by atoms with Crippen LogP contribution in [0, 0.1) is 6.92 Å². The first-order chi connectivity index (χ1) is 13.7.